The Morgan fingerprint density at radius 3 is 2.45 bits per heavy atom. The van der Waals surface area contributed by atoms with E-state index in [2.05, 4.69) is 10.1 Å². The Morgan fingerprint density at radius 1 is 1.18 bits per heavy atom. The highest BCUT2D eigenvalue weighted by Gasteiger charge is 2.34. The third kappa shape index (κ3) is 6.01. The van der Waals surface area contributed by atoms with E-state index in [0.29, 0.717) is 10.5 Å². The predicted molar refractivity (Wildman–Crippen MR) is 119 cm³/mol. The van der Waals surface area contributed by atoms with Gasteiger partial charge in [-0.05, 0) is 50.6 Å². The SMILES string of the molecule is COC(=O)c1cc2c(cc1F)SC[C@H](NC(=O)OC(C)(C)C)C(=O)N2Cc1ccc(F)cc1. The summed E-state index contributed by atoms with van der Waals surface area (Å²) in [5, 5.41) is 2.57. The lowest BCUT2D eigenvalue weighted by molar-refractivity contribution is -0.120. The van der Waals surface area contributed by atoms with E-state index in [4.69, 9.17) is 4.74 Å². The molecule has 33 heavy (non-hydrogen) atoms. The van der Waals surface area contributed by atoms with Crippen molar-refractivity contribution in [2.45, 2.75) is 43.9 Å². The molecule has 0 aliphatic carbocycles. The smallest absolute Gasteiger partial charge is 0.408 e. The molecule has 0 aromatic heterocycles. The Morgan fingerprint density at radius 2 is 1.85 bits per heavy atom. The molecule has 1 atom stereocenters. The van der Waals surface area contributed by atoms with Crippen LogP contribution in [0.2, 0.25) is 0 Å². The third-order valence-electron chi connectivity index (χ3n) is 4.66. The van der Waals surface area contributed by atoms with Crippen molar-refractivity contribution in [2.75, 3.05) is 17.8 Å². The van der Waals surface area contributed by atoms with Crippen LogP contribution in [-0.4, -0.2) is 42.5 Å². The zero-order valence-corrected chi connectivity index (χ0v) is 19.4. The fourth-order valence-corrected chi connectivity index (χ4v) is 4.25. The number of carbonyl (C=O) groups is 3. The van der Waals surface area contributed by atoms with E-state index in [1.54, 1.807) is 20.8 Å². The quantitative estimate of drug-likeness (QED) is 0.661. The van der Waals surface area contributed by atoms with Gasteiger partial charge in [0, 0.05) is 10.6 Å². The van der Waals surface area contributed by atoms with Crippen LogP contribution < -0.4 is 10.2 Å². The summed E-state index contributed by atoms with van der Waals surface area (Å²) >= 11 is 1.16. The van der Waals surface area contributed by atoms with Crippen molar-refractivity contribution in [1.82, 2.24) is 5.32 Å². The van der Waals surface area contributed by atoms with E-state index in [9.17, 15) is 23.2 Å². The second kappa shape index (κ2) is 9.78. The van der Waals surface area contributed by atoms with Crippen LogP contribution in [0.5, 0.6) is 0 Å². The first-order valence-electron chi connectivity index (χ1n) is 10.1. The van der Waals surface area contributed by atoms with Gasteiger partial charge in [0.15, 0.2) is 0 Å². The van der Waals surface area contributed by atoms with E-state index < -0.39 is 41.2 Å². The largest absolute Gasteiger partial charge is 0.465 e. The molecule has 176 valence electrons. The van der Waals surface area contributed by atoms with Crippen molar-refractivity contribution in [1.29, 1.82) is 0 Å². The minimum absolute atomic E-state index is 0.00537. The van der Waals surface area contributed by atoms with Crippen LogP contribution in [0.25, 0.3) is 0 Å². The zero-order chi connectivity index (χ0) is 24.3. The lowest BCUT2D eigenvalue weighted by atomic mass is 10.1. The van der Waals surface area contributed by atoms with E-state index in [0.717, 1.165) is 24.9 Å². The van der Waals surface area contributed by atoms with E-state index in [1.807, 2.05) is 0 Å². The molecule has 7 nitrogen and oxygen atoms in total. The molecule has 0 spiro atoms. The van der Waals surface area contributed by atoms with Gasteiger partial charge in [-0.3, -0.25) is 4.79 Å². The van der Waals surface area contributed by atoms with Gasteiger partial charge in [0.25, 0.3) is 5.91 Å². The fraction of sp³-hybridized carbons (Fsp3) is 0.348. The maximum Gasteiger partial charge on any atom is 0.408 e. The van der Waals surface area contributed by atoms with Gasteiger partial charge in [-0.1, -0.05) is 12.1 Å². The summed E-state index contributed by atoms with van der Waals surface area (Å²) in [6.45, 7) is 5.10. The second-order valence-corrected chi connectivity index (χ2v) is 9.41. The van der Waals surface area contributed by atoms with E-state index in [1.165, 1.54) is 35.2 Å². The molecule has 1 heterocycles. The molecule has 2 aromatic carbocycles. The normalized spacial score (nSPS) is 16.0. The molecule has 1 N–H and O–H groups in total. The van der Waals surface area contributed by atoms with Crippen LogP contribution in [0.15, 0.2) is 41.3 Å². The summed E-state index contributed by atoms with van der Waals surface area (Å²) in [4.78, 5) is 39.6. The van der Waals surface area contributed by atoms with Crippen molar-refractivity contribution in [3.63, 3.8) is 0 Å². The number of carbonyl (C=O) groups excluding carboxylic acids is 3. The van der Waals surface area contributed by atoms with Crippen LogP contribution in [0, 0.1) is 11.6 Å². The second-order valence-electron chi connectivity index (χ2n) is 8.35. The van der Waals surface area contributed by atoms with Gasteiger partial charge in [0.05, 0.1) is 24.9 Å². The Kier molecular flexibility index (Phi) is 7.26. The molecule has 3 rings (SSSR count). The minimum Gasteiger partial charge on any atom is -0.465 e. The average Bonchev–Trinajstić information content (AvgIpc) is 2.85. The van der Waals surface area contributed by atoms with Crippen LogP contribution in [0.4, 0.5) is 19.3 Å². The topological polar surface area (TPSA) is 84.9 Å². The highest BCUT2D eigenvalue weighted by molar-refractivity contribution is 7.99. The molecule has 1 aliphatic heterocycles. The van der Waals surface area contributed by atoms with Crippen LogP contribution in [0.1, 0.15) is 36.7 Å². The fourth-order valence-electron chi connectivity index (χ4n) is 3.18. The Balaban J connectivity index is 2.01. The molecule has 1 aliphatic rings. The van der Waals surface area contributed by atoms with E-state index >= 15 is 0 Å². The number of anilines is 1. The van der Waals surface area contributed by atoms with Crippen molar-refractivity contribution in [3.05, 3.63) is 59.2 Å². The number of hydrogen-bond donors (Lipinski definition) is 1. The molecule has 0 bridgehead atoms. The van der Waals surface area contributed by atoms with Crippen LogP contribution in [-0.2, 0) is 20.8 Å². The number of methoxy groups -OCH3 is 1. The summed E-state index contributed by atoms with van der Waals surface area (Å²) in [5.41, 5.74) is -0.209. The number of fused-ring (bicyclic) bond motifs is 1. The molecular weight excluding hydrogens is 454 g/mol. The number of esters is 1. The average molecular weight is 479 g/mol. The van der Waals surface area contributed by atoms with Crippen molar-refractivity contribution in [2.24, 2.45) is 0 Å². The number of amides is 2. The first-order chi connectivity index (χ1) is 15.5. The van der Waals surface area contributed by atoms with Crippen molar-refractivity contribution in [3.8, 4) is 0 Å². The number of thioether (sulfide) groups is 1. The first-order valence-corrected chi connectivity index (χ1v) is 11.1. The van der Waals surface area contributed by atoms with Gasteiger partial charge in [-0.25, -0.2) is 18.4 Å². The summed E-state index contributed by atoms with van der Waals surface area (Å²) in [6, 6.07) is 6.97. The molecule has 0 fully saturated rings. The lowest BCUT2D eigenvalue weighted by Crippen LogP contribution is -2.50. The number of ether oxygens (including phenoxy) is 2. The highest BCUT2D eigenvalue weighted by atomic mass is 32.2. The van der Waals surface area contributed by atoms with Crippen LogP contribution >= 0.6 is 11.8 Å². The number of nitrogens with zero attached hydrogens (tertiary/aromatic N) is 1. The molecule has 2 amide bonds. The summed E-state index contributed by atoms with van der Waals surface area (Å²) in [6.07, 6.45) is -0.768. The molecular formula is C23H24F2N2O5S. The van der Waals surface area contributed by atoms with Gasteiger partial charge in [-0.2, -0.15) is 0 Å². The highest BCUT2D eigenvalue weighted by Crippen LogP contribution is 2.37. The molecule has 10 heteroatoms. The van der Waals surface area contributed by atoms with E-state index in [-0.39, 0.29) is 23.5 Å². The Hall–Kier alpha value is -3.14. The monoisotopic (exact) mass is 478 g/mol. The lowest BCUT2D eigenvalue weighted by Gasteiger charge is -2.27. The molecule has 0 saturated carbocycles. The maximum atomic E-state index is 14.6. The number of benzene rings is 2. The number of halogens is 2. The summed E-state index contributed by atoms with van der Waals surface area (Å²) < 4.78 is 37.9. The number of rotatable bonds is 4. The number of hydrogen-bond acceptors (Lipinski definition) is 6. The van der Waals surface area contributed by atoms with Crippen LogP contribution in [0.3, 0.4) is 0 Å². The van der Waals surface area contributed by atoms with Gasteiger partial charge in [0.2, 0.25) is 0 Å². The summed E-state index contributed by atoms with van der Waals surface area (Å²) in [7, 11) is 1.13. The zero-order valence-electron chi connectivity index (χ0n) is 18.6. The Bertz CT molecular complexity index is 1070. The molecule has 0 radical (unpaired) electrons. The maximum absolute atomic E-state index is 14.6. The van der Waals surface area contributed by atoms with Crippen molar-refractivity contribution >= 4 is 35.4 Å². The number of alkyl carbamates (subject to hydrolysis) is 1. The Labute approximate surface area is 194 Å². The van der Waals surface area contributed by atoms with Gasteiger partial charge in [-0.15, -0.1) is 11.8 Å². The third-order valence-corrected chi connectivity index (χ3v) is 5.80. The predicted octanol–water partition coefficient (Wildman–Crippen LogP) is 4.28. The standard InChI is InChI=1S/C23H24F2N2O5S/c1-23(2,3)32-22(30)26-17-12-33-19-10-16(25)15(21(29)31-4)9-18(19)27(20(17)28)11-13-5-7-14(24)8-6-13/h5-10,17H,11-12H2,1-4H3,(H,26,30)/t17-/m0/s1. The molecule has 0 saturated heterocycles. The number of nitrogens with one attached hydrogen (secondary N) is 1. The van der Waals surface area contributed by atoms with Gasteiger partial charge < -0.3 is 19.7 Å². The van der Waals surface area contributed by atoms with Gasteiger partial charge >= 0.3 is 12.1 Å². The minimum atomic E-state index is -0.984. The molecule has 0 unspecified atom stereocenters. The first kappa shape index (κ1) is 24.5. The van der Waals surface area contributed by atoms with Crippen molar-refractivity contribution < 1.29 is 32.6 Å². The van der Waals surface area contributed by atoms with Gasteiger partial charge in [0.1, 0.15) is 23.3 Å². The summed E-state index contributed by atoms with van der Waals surface area (Å²) in [5.74, 6) is -2.49. The molecule has 2 aromatic rings.